The van der Waals surface area contributed by atoms with Gasteiger partial charge < -0.3 is 10.2 Å². The number of nitrogens with one attached hydrogen (secondary N) is 1. The number of aryl methyl sites for hydroxylation is 1. The molecule has 0 spiro atoms. The number of sulfone groups is 1. The van der Waals surface area contributed by atoms with Gasteiger partial charge in [0.05, 0.1) is 4.90 Å². The van der Waals surface area contributed by atoms with Crippen LogP contribution >= 0.6 is 0 Å². The Bertz CT molecular complexity index is 800. The number of amides is 2. The van der Waals surface area contributed by atoms with Crippen molar-refractivity contribution >= 4 is 21.6 Å². The van der Waals surface area contributed by atoms with E-state index in [1.807, 2.05) is 18.7 Å². The van der Waals surface area contributed by atoms with Gasteiger partial charge in [-0.1, -0.05) is 0 Å². The molecular weight excluding hydrogens is 350 g/mol. The van der Waals surface area contributed by atoms with Crippen LogP contribution < -0.4 is 5.32 Å². The van der Waals surface area contributed by atoms with Crippen molar-refractivity contribution in [3.63, 3.8) is 0 Å². The van der Waals surface area contributed by atoms with Crippen molar-refractivity contribution in [1.29, 1.82) is 0 Å². The third-order valence-electron chi connectivity index (χ3n) is 5.78. The number of hydrogen-bond acceptors (Lipinski definition) is 4. The quantitative estimate of drug-likeness (QED) is 0.877. The Morgan fingerprint density at radius 1 is 1.19 bits per heavy atom. The lowest BCUT2D eigenvalue weighted by atomic mass is 10.1. The first-order chi connectivity index (χ1) is 12.2. The van der Waals surface area contributed by atoms with Gasteiger partial charge >= 0.3 is 6.03 Å². The molecular formula is C19H29N3O3S. The Hall–Kier alpha value is -1.60. The van der Waals surface area contributed by atoms with Crippen LogP contribution in [0.25, 0.3) is 0 Å². The van der Waals surface area contributed by atoms with Crippen molar-refractivity contribution in [2.75, 3.05) is 31.2 Å². The number of carbonyl (C=O) groups excluding carboxylic acids is 1. The van der Waals surface area contributed by atoms with E-state index >= 15 is 0 Å². The van der Waals surface area contributed by atoms with E-state index in [2.05, 4.69) is 17.1 Å². The van der Waals surface area contributed by atoms with Gasteiger partial charge in [0, 0.05) is 30.6 Å². The van der Waals surface area contributed by atoms with Crippen molar-refractivity contribution in [2.24, 2.45) is 0 Å². The molecule has 1 aromatic carbocycles. The highest BCUT2D eigenvalue weighted by atomic mass is 32.2. The second kappa shape index (κ2) is 7.19. The Morgan fingerprint density at radius 2 is 1.85 bits per heavy atom. The summed E-state index contributed by atoms with van der Waals surface area (Å²) in [6, 6.07) is 3.69. The molecule has 1 aromatic rings. The summed E-state index contributed by atoms with van der Waals surface area (Å²) in [5.41, 5.74) is 2.33. The number of rotatable bonds is 3. The van der Waals surface area contributed by atoms with Gasteiger partial charge in [0.1, 0.15) is 0 Å². The fourth-order valence-electron chi connectivity index (χ4n) is 4.01. The lowest BCUT2D eigenvalue weighted by Gasteiger charge is -2.25. The zero-order chi connectivity index (χ0) is 19.1. The Balaban J connectivity index is 1.76. The van der Waals surface area contributed by atoms with E-state index in [1.54, 1.807) is 12.1 Å². The van der Waals surface area contributed by atoms with Gasteiger partial charge in [0.25, 0.3) is 0 Å². The molecule has 144 valence electrons. The Labute approximate surface area is 156 Å². The zero-order valence-corrected chi connectivity index (χ0v) is 16.9. The van der Waals surface area contributed by atoms with Crippen LogP contribution in [0.2, 0.25) is 0 Å². The average Bonchev–Trinajstić information content (AvgIpc) is 3.19. The molecule has 0 aliphatic carbocycles. The lowest BCUT2D eigenvalue weighted by Crippen LogP contribution is -2.40. The minimum atomic E-state index is -3.32. The first kappa shape index (κ1) is 19.2. The molecule has 2 amide bonds. The third-order valence-corrected chi connectivity index (χ3v) is 6.87. The van der Waals surface area contributed by atoms with Crippen LogP contribution in [0.3, 0.4) is 0 Å². The molecule has 2 saturated heterocycles. The van der Waals surface area contributed by atoms with E-state index in [1.165, 1.54) is 19.1 Å². The van der Waals surface area contributed by atoms with Gasteiger partial charge in [-0.2, -0.15) is 0 Å². The Kier molecular flexibility index (Phi) is 5.30. The van der Waals surface area contributed by atoms with Crippen LogP contribution in [-0.2, 0) is 9.84 Å². The van der Waals surface area contributed by atoms with Crippen LogP contribution in [0.5, 0.6) is 0 Å². The van der Waals surface area contributed by atoms with Gasteiger partial charge in [0.2, 0.25) is 0 Å². The highest BCUT2D eigenvalue weighted by molar-refractivity contribution is 7.90. The van der Waals surface area contributed by atoms with E-state index < -0.39 is 9.84 Å². The van der Waals surface area contributed by atoms with Gasteiger partial charge in [-0.25, -0.2) is 13.2 Å². The molecule has 26 heavy (non-hydrogen) atoms. The van der Waals surface area contributed by atoms with Crippen LogP contribution in [0.15, 0.2) is 17.0 Å². The summed E-state index contributed by atoms with van der Waals surface area (Å²) < 4.78 is 23.8. The molecule has 0 saturated carbocycles. The number of carbonyl (C=O) groups is 1. The second-order valence-corrected chi connectivity index (χ2v) is 9.76. The van der Waals surface area contributed by atoms with Gasteiger partial charge in [0.15, 0.2) is 9.84 Å². The zero-order valence-electron chi connectivity index (χ0n) is 16.1. The molecule has 0 aromatic heterocycles. The van der Waals surface area contributed by atoms with Crippen LogP contribution in [0.4, 0.5) is 10.5 Å². The van der Waals surface area contributed by atoms with Crippen LogP contribution in [-0.4, -0.2) is 62.2 Å². The first-order valence-electron chi connectivity index (χ1n) is 9.30. The number of anilines is 1. The van der Waals surface area contributed by atoms with E-state index in [4.69, 9.17) is 0 Å². The third kappa shape index (κ3) is 3.88. The Morgan fingerprint density at radius 3 is 2.46 bits per heavy atom. The fraction of sp³-hybridized carbons (Fsp3) is 0.632. The lowest BCUT2D eigenvalue weighted by molar-refractivity contribution is 0.202. The van der Waals surface area contributed by atoms with Gasteiger partial charge in [-0.05, 0) is 76.4 Å². The fourth-order valence-corrected chi connectivity index (χ4v) is 4.74. The van der Waals surface area contributed by atoms with Crippen molar-refractivity contribution in [2.45, 2.75) is 57.0 Å². The average molecular weight is 380 g/mol. The van der Waals surface area contributed by atoms with E-state index in [-0.39, 0.29) is 17.0 Å². The summed E-state index contributed by atoms with van der Waals surface area (Å²) in [5.74, 6) is 0. The van der Waals surface area contributed by atoms with Crippen LogP contribution in [0, 0.1) is 13.8 Å². The molecule has 2 fully saturated rings. The van der Waals surface area contributed by atoms with Crippen molar-refractivity contribution in [3.05, 3.63) is 23.3 Å². The van der Waals surface area contributed by atoms with Crippen LogP contribution in [0.1, 0.15) is 37.3 Å². The monoisotopic (exact) mass is 379 g/mol. The van der Waals surface area contributed by atoms with Gasteiger partial charge in [-0.3, -0.25) is 4.90 Å². The largest absolute Gasteiger partial charge is 0.322 e. The summed E-state index contributed by atoms with van der Waals surface area (Å²) in [4.78, 5) is 17.5. The highest BCUT2D eigenvalue weighted by Gasteiger charge is 2.36. The standard InChI is InChI=1S/C19H29N3O3S/c1-13-9-17(26(4,24)25)11-18(15(13)3)20-19(23)22-12-16(10-14(22)2)21-7-5-6-8-21/h9,11,14,16H,5-8,10,12H2,1-4H3,(H,20,23). The number of hydrogen-bond donors (Lipinski definition) is 1. The molecule has 2 aliphatic heterocycles. The maximum Gasteiger partial charge on any atom is 0.322 e. The predicted molar refractivity (Wildman–Crippen MR) is 103 cm³/mol. The molecule has 2 atom stereocenters. The minimum Gasteiger partial charge on any atom is -0.320 e. The van der Waals surface area contributed by atoms with Crippen molar-refractivity contribution < 1.29 is 13.2 Å². The second-order valence-electron chi connectivity index (χ2n) is 7.75. The maximum absolute atomic E-state index is 12.9. The predicted octanol–water partition coefficient (Wildman–Crippen LogP) is 2.80. The molecule has 2 heterocycles. The molecule has 0 radical (unpaired) electrons. The highest BCUT2D eigenvalue weighted by Crippen LogP contribution is 2.28. The summed E-state index contributed by atoms with van der Waals surface area (Å²) in [5, 5.41) is 2.95. The summed E-state index contributed by atoms with van der Waals surface area (Å²) in [6.45, 7) is 8.83. The van der Waals surface area contributed by atoms with Gasteiger partial charge in [-0.15, -0.1) is 0 Å². The minimum absolute atomic E-state index is 0.146. The topological polar surface area (TPSA) is 69.7 Å². The number of urea groups is 1. The molecule has 7 heteroatoms. The van der Waals surface area contributed by atoms with E-state index in [0.717, 1.165) is 37.2 Å². The van der Waals surface area contributed by atoms with E-state index in [0.29, 0.717) is 11.7 Å². The summed E-state index contributed by atoms with van der Waals surface area (Å²) in [6.07, 6.45) is 4.67. The smallest absolute Gasteiger partial charge is 0.320 e. The molecule has 0 bridgehead atoms. The normalized spacial score (nSPS) is 24.2. The number of likely N-dealkylation sites (tertiary alicyclic amines) is 2. The summed E-state index contributed by atoms with van der Waals surface area (Å²) in [7, 11) is -3.32. The van der Waals surface area contributed by atoms with E-state index in [9.17, 15) is 13.2 Å². The molecule has 1 N–H and O–H groups in total. The van der Waals surface area contributed by atoms with Crippen molar-refractivity contribution in [3.8, 4) is 0 Å². The number of nitrogens with zero attached hydrogens (tertiary/aromatic N) is 2. The maximum atomic E-state index is 12.9. The first-order valence-corrected chi connectivity index (χ1v) is 11.2. The molecule has 3 rings (SSSR count). The van der Waals surface area contributed by atoms with Crippen molar-refractivity contribution in [1.82, 2.24) is 9.80 Å². The molecule has 6 nitrogen and oxygen atoms in total. The molecule has 2 aliphatic rings. The molecule has 2 unspecified atom stereocenters. The SMILES string of the molecule is Cc1cc(S(C)(=O)=O)cc(NC(=O)N2CC(N3CCCC3)CC2C)c1C. The summed E-state index contributed by atoms with van der Waals surface area (Å²) >= 11 is 0. The number of benzene rings is 1.